The number of esters is 1. The molecule has 32 heavy (non-hydrogen) atoms. The molecule has 0 amide bonds. The van der Waals surface area contributed by atoms with Crippen LogP contribution in [0.2, 0.25) is 0 Å². The van der Waals surface area contributed by atoms with Crippen LogP contribution >= 0.6 is 0 Å². The first-order valence-electron chi connectivity index (χ1n) is 10.3. The Balaban J connectivity index is 1.95. The van der Waals surface area contributed by atoms with Gasteiger partial charge in [0, 0.05) is 22.4 Å². The molecule has 0 unspecified atom stereocenters. The molecule has 0 bridgehead atoms. The lowest BCUT2D eigenvalue weighted by molar-refractivity contribution is -0.139. The van der Waals surface area contributed by atoms with Gasteiger partial charge in [-0.15, -0.1) is 0 Å². The van der Waals surface area contributed by atoms with Crippen molar-refractivity contribution in [2.75, 3.05) is 12.3 Å². The fourth-order valence-corrected chi connectivity index (χ4v) is 4.35. The van der Waals surface area contributed by atoms with Crippen LogP contribution in [-0.4, -0.2) is 24.1 Å². The second kappa shape index (κ2) is 7.46. The summed E-state index contributed by atoms with van der Waals surface area (Å²) in [5.41, 5.74) is 8.20. The zero-order chi connectivity index (χ0) is 22.4. The van der Waals surface area contributed by atoms with Crippen molar-refractivity contribution in [1.29, 1.82) is 0 Å². The summed E-state index contributed by atoms with van der Waals surface area (Å²) in [4.78, 5) is 38.8. The van der Waals surface area contributed by atoms with Gasteiger partial charge in [-0.25, -0.2) is 4.79 Å². The number of hydrogen-bond acceptors (Lipinski definition) is 5. The summed E-state index contributed by atoms with van der Waals surface area (Å²) in [5, 5.41) is 3.75. The molecular formula is C27H19NO4. The highest BCUT2D eigenvalue weighted by Crippen LogP contribution is 2.41. The predicted molar refractivity (Wildman–Crippen MR) is 124 cm³/mol. The van der Waals surface area contributed by atoms with Crippen LogP contribution in [0, 0.1) is 0 Å². The van der Waals surface area contributed by atoms with Gasteiger partial charge in [0.1, 0.15) is 5.57 Å². The van der Waals surface area contributed by atoms with E-state index in [1.807, 2.05) is 42.5 Å². The first-order chi connectivity index (χ1) is 15.5. The Hall–Kier alpha value is -4.25. The van der Waals surface area contributed by atoms with E-state index in [9.17, 15) is 14.4 Å². The lowest BCUT2D eigenvalue weighted by Gasteiger charge is -2.23. The number of carbonyl (C=O) groups is 3. The number of ether oxygens (including phenoxy) is 1. The van der Waals surface area contributed by atoms with Gasteiger partial charge in [0.25, 0.3) is 0 Å². The van der Waals surface area contributed by atoms with Gasteiger partial charge in [0.2, 0.25) is 11.6 Å². The quantitative estimate of drug-likeness (QED) is 0.170. The smallest absolute Gasteiger partial charge is 0.342 e. The first-order valence-corrected chi connectivity index (χ1v) is 10.3. The normalized spacial score (nSPS) is 13.5. The maximum Gasteiger partial charge on any atom is 0.342 e. The summed E-state index contributed by atoms with van der Waals surface area (Å²) in [6.45, 7) is 1.73. The number of hydrogen-bond donors (Lipinski definition) is 1. The summed E-state index contributed by atoms with van der Waals surface area (Å²) in [7, 11) is 0. The number of nitrogen functional groups attached to an aromatic ring is 1. The second-order valence-electron chi connectivity index (χ2n) is 7.62. The Morgan fingerprint density at radius 1 is 0.812 bits per heavy atom. The molecule has 0 radical (unpaired) electrons. The number of carbonyl (C=O) groups excluding carboxylic acids is 3. The zero-order valence-electron chi connectivity index (χ0n) is 17.3. The molecule has 0 aromatic heterocycles. The van der Waals surface area contributed by atoms with Gasteiger partial charge in [-0.2, -0.15) is 0 Å². The molecule has 0 spiro atoms. The molecule has 5 nitrogen and oxygen atoms in total. The summed E-state index contributed by atoms with van der Waals surface area (Å²) in [5.74, 6) is -2.43. The van der Waals surface area contributed by atoms with Crippen molar-refractivity contribution < 1.29 is 19.1 Å². The van der Waals surface area contributed by atoms with Crippen LogP contribution in [0.4, 0.5) is 5.69 Å². The van der Waals surface area contributed by atoms with E-state index in [-0.39, 0.29) is 17.7 Å². The molecule has 156 valence electrons. The molecular weight excluding hydrogens is 402 g/mol. The fraction of sp³-hybridized carbons (Fsp3) is 0.0741. The van der Waals surface area contributed by atoms with Crippen LogP contribution in [0.1, 0.15) is 28.4 Å². The van der Waals surface area contributed by atoms with Crippen molar-refractivity contribution in [2.45, 2.75) is 6.92 Å². The van der Waals surface area contributed by atoms with E-state index in [4.69, 9.17) is 10.5 Å². The predicted octanol–water partition coefficient (Wildman–Crippen LogP) is 4.71. The van der Waals surface area contributed by atoms with E-state index in [2.05, 4.69) is 0 Å². The molecule has 0 saturated carbocycles. The van der Waals surface area contributed by atoms with E-state index in [1.54, 1.807) is 37.3 Å². The summed E-state index contributed by atoms with van der Waals surface area (Å²) >= 11 is 0. The number of Topliss-reactive ketones (excluding diaryl/α,β-unsaturated/α-hetero) is 2. The van der Waals surface area contributed by atoms with Crippen LogP contribution in [0.5, 0.6) is 0 Å². The Kier molecular flexibility index (Phi) is 4.59. The van der Waals surface area contributed by atoms with Crippen LogP contribution in [0.25, 0.3) is 27.1 Å². The Morgan fingerprint density at radius 3 is 2.19 bits per heavy atom. The highest BCUT2D eigenvalue weighted by Gasteiger charge is 2.38. The molecule has 2 N–H and O–H groups in total. The van der Waals surface area contributed by atoms with Crippen molar-refractivity contribution in [1.82, 2.24) is 0 Å². The van der Waals surface area contributed by atoms with Gasteiger partial charge in [-0.05, 0) is 52.2 Å². The molecule has 0 atom stereocenters. The minimum absolute atomic E-state index is 0.0778. The third-order valence-electron chi connectivity index (χ3n) is 5.77. The largest absolute Gasteiger partial charge is 0.462 e. The molecule has 1 aliphatic rings. The third-order valence-corrected chi connectivity index (χ3v) is 5.77. The second-order valence-corrected chi connectivity index (χ2v) is 7.62. The Bertz CT molecular complexity index is 1500. The lowest BCUT2D eigenvalue weighted by atomic mass is 9.79. The number of nitrogens with two attached hydrogens (primary N) is 1. The number of benzene rings is 4. The minimum Gasteiger partial charge on any atom is -0.462 e. The van der Waals surface area contributed by atoms with E-state index in [1.165, 1.54) is 0 Å². The van der Waals surface area contributed by atoms with Crippen LogP contribution in [-0.2, 0) is 14.3 Å². The van der Waals surface area contributed by atoms with E-state index >= 15 is 0 Å². The topological polar surface area (TPSA) is 86.5 Å². The van der Waals surface area contributed by atoms with Gasteiger partial charge in [0.05, 0.1) is 6.61 Å². The van der Waals surface area contributed by atoms with Crippen molar-refractivity contribution in [3.8, 4) is 0 Å². The van der Waals surface area contributed by atoms with E-state index in [0.717, 1.165) is 21.5 Å². The SMILES string of the molecule is CCOC(=O)C1=C(c2c(N)ccc3cc4ccccc4cc23)c2ccccc2C(=O)C1=O. The van der Waals surface area contributed by atoms with Crippen molar-refractivity contribution in [2.24, 2.45) is 0 Å². The van der Waals surface area contributed by atoms with Crippen LogP contribution in [0.3, 0.4) is 0 Å². The monoisotopic (exact) mass is 421 g/mol. The maximum atomic E-state index is 13.1. The van der Waals surface area contributed by atoms with Gasteiger partial charge in [0.15, 0.2) is 0 Å². The third kappa shape index (κ3) is 2.90. The first kappa shape index (κ1) is 19.7. The van der Waals surface area contributed by atoms with Gasteiger partial charge in [-0.1, -0.05) is 54.6 Å². The summed E-state index contributed by atoms with van der Waals surface area (Å²) in [6, 6.07) is 22.4. The molecule has 4 aromatic carbocycles. The maximum absolute atomic E-state index is 13.1. The number of rotatable bonds is 3. The van der Waals surface area contributed by atoms with Crippen molar-refractivity contribution in [3.05, 3.63) is 95.1 Å². The van der Waals surface area contributed by atoms with Crippen LogP contribution in [0.15, 0.2) is 78.4 Å². The molecule has 1 aliphatic carbocycles. The Morgan fingerprint density at radius 2 is 1.47 bits per heavy atom. The summed E-state index contributed by atoms with van der Waals surface area (Å²) in [6.07, 6.45) is 0. The van der Waals surface area contributed by atoms with Gasteiger partial charge >= 0.3 is 5.97 Å². The fourth-order valence-electron chi connectivity index (χ4n) is 4.35. The zero-order valence-corrected chi connectivity index (χ0v) is 17.3. The average Bonchev–Trinajstić information content (AvgIpc) is 2.80. The highest BCUT2D eigenvalue weighted by atomic mass is 16.5. The lowest BCUT2D eigenvalue weighted by Crippen LogP contribution is -2.29. The van der Waals surface area contributed by atoms with Gasteiger partial charge < -0.3 is 10.5 Å². The van der Waals surface area contributed by atoms with E-state index < -0.39 is 17.5 Å². The average molecular weight is 421 g/mol. The number of anilines is 1. The molecule has 4 aromatic rings. The van der Waals surface area contributed by atoms with Crippen molar-refractivity contribution in [3.63, 3.8) is 0 Å². The minimum atomic E-state index is -0.880. The summed E-state index contributed by atoms with van der Waals surface area (Å²) < 4.78 is 5.18. The van der Waals surface area contributed by atoms with E-state index in [0.29, 0.717) is 22.4 Å². The molecule has 5 rings (SSSR count). The van der Waals surface area contributed by atoms with Gasteiger partial charge in [-0.3, -0.25) is 9.59 Å². The Labute approximate surface area is 184 Å². The number of ketones is 2. The van der Waals surface area contributed by atoms with Crippen molar-refractivity contribution >= 4 is 50.3 Å². The molecule has 0 fully saturated rings. The standard InChI is InChI=1S/C27H19NO4/c1-2-32-27(31)24-23(18-9-5-6-10-19(18)25(29)26(24)30)22-20-14-16-8-4-3-7-15(16)13-17(20)11-12-21(22)28/h3-14H,2,28H2,1H3. The van der Waals surface area contributed by atoms with Crippen LogP contribution < -0.4 is 5.73 Å². The molecule has 5 heteroatoms. The highest BCUT2D eigenvalue weighted by molar-refractivity contribution is 6.58. The molecule has 0 heterocycles. The number of fused-ring (bicyclic) bond motifs is 3. The molecule has 0 aliphatic heterocycles. The molecule has 0 saturated heterocycles.